The van der Waals surface area contributed by atoms with Crippen LogP contribution in [0.4, 0.5) is 5.82 Å². The zero-order chi connectivity index (χ0) is 14.6. The van der Waals surface area contributed by atoms with Crippen molar-refractivity contribution in [2.24, 2.45) is 0 Å². The standard InChI is InChI=1S/C14H21N3O3/c1-2-17-9-8-15-12(13(17)20)16-14(10-11(18)19)6-4-3-5-7-14/h8-9H,2-7,10H2,1H3,(H,15,16)(H,18,19). The molecule has 6 heteroatoms. The molecule has 2 rings (SSSR count). The molecular formula is C14H21N3O3. The molecule has 0 unspecified atom stereocenters. The van der Waals surface area contributed by atoms with Crippen LogP contribution in [0.15, 0.2) is 17.2 Å². The number of carbonyl (C=O) groups is 1. The van der Waals surface area contributed by atoms with E-state index in [2.05, 4.69) is 10.3 Å². The molecule has 1 heterocycles. The maximum absolute atomic E-state index is 12.2. The van der Waals surface area contributed by atoms with E-state index in [9.17, 15) is 9.59 Å². The second kappa shape index (κ2) is 6.07. The molecule has 20 heavy (non-hydrogen) atoms. The molecule has 2 N–H and O–H groups in total. The Labute approximate surface area is 117 Å². The van der Waals surface area contributed by atoms with Crippen LogP contribution in [-0.2, 0) is 11.3 Å². The molecule has 1 fully saturated rings. The molecule has 0 atom stereocenters. The van der Waals surface area contributed by atoms with E-state index in [1.807, 2.05) is 6.92 Å². The highest BCUT2D eigenvalue weighted by molar-refractivity contribution is 5.69. The second-order valence-corrected chi connectivity index (χ2v) is 5.40. The fourth-order valence-corrected chi connectivity index (χ4v) is 2.90. The van der Waals surface area contributed by atoms with E-state index in [-0.39, 0.29) is 17.8 Å². The highest BCUT2D eigenvalue weighted by Gasteiger charge is 2.35. The summed E-state index contributed by atoms with van der Waals surface area (Å²) in [5.74, 6) is -0.580. The number of anilines is 1. The average Bonchev–Trinajstić information content (AvgIpc) is 2.41. The van der Waals surface area contributed by atoms with Gasteiger partial charge in [0.05, 0.1) is 6.42 Å². The smallest absolute Gasteiger partial charge is 0.305 e. The first kappa shape index (κ1) is 14.6. The van der Waals surface area contributed by atoms with Gasteiger partial charge in [-0.1, -0.05) is 19.3 Å². The monoisotopic (exact) mass is 279 g/mol. The fourth-order valence-electron chi connectivity index (χ4n) is 2.90. The van der Waals surface area contributed by atoms with Crippen molar-refractivity contribution >= 4 is 11.8 Å². The van der Waals surface area contributed by atoms with Gasteiger partial charge in [0.1, 0.15) is 0 Å². The largest absolute Gasteiger partial charge is 0.481 e. The van der Waals surface area contributed by atoms with Gasteiger partial charge in [0.2, 0.25) is 0 Å². The minimum absolute atomic E-state index is 0.0230. The van der Waals surface area contributed by atoms with Crippen molar-refractivity contribution in [2.45, 2.75) is 57.5 Å². The van der Waals surface area contributed by atoms with E-state index in [0.29, 0.717) is 6.54 Å². The van der Waals surface area contributed by atoms with Crippen LogP contribution in [0, 0.1) is 0 Å². The number of nitrogens with zero attached hydrogens (tertiary/aromatic N) is 2. The third-order valence-corrected chi connectivity index (χ3v) is 3.94. The molecule has 1 aliphatic carbocycles. The lowest BCUT2D eigenvalue weighted by atomic mass is 9.79. The average molecular weight is 279 g/mol. The molecule has 0 radical (unpaired) electrons. The number of carboxylic acid groups (broad SMARTS) is 1. The number of nitrogens with one attached hydrogen (secondary N) is 1. The number of aromatic nitrogens is 2. The van der Waals surface area contributed by atoms with Crippen molar-refractivity contribution in [1.82, 2.24) is 9.55 Å². The Kier molecular flexibility index (Phi) is 4.42. The van der Waals surface area contributed by atoms with E-state index in [0.717, 1.165) is 32.1 Å². The number of aliphatic carboxylic acids is 1. The molecular weight excluding hydrogens is 258 g/mol. The number of carboxylic acids is 1. The zero-order valence-corrected chi connectivity index (χ0v) is 11.8. The molecule has 1 aliphatic rings. The van der Waals surface area contributed by atoms with Crippen molar-refractivity contribution in [3.8, 4) is 0 Å². The number of aryl methyl sites for hydroxylation is 1. The maximum Gasteiger partial charge on any atom is 0.305 e. The molecule has 6 nitrogen and oxygen atoms in total. The lowest BCUT2D eigenvalue weighted by Gasteiger charge is -2.37. The lowest BCUT2D eigenvalue weighted by molar-refractivity contribution is -0.138. The predicted octanol–water partition coefficient (Wildman–Crippen LogP) is 1.85. The molecule has 0 spiro atoms. The van der Waals surface area contributed by atoms with E-state index in [4.69, 9.17) is 5.11 Å². The molecule has 1 aromatic heterocycles. The Morgan fingerprint density at radius 3 is 2.75 bits per heavy atom. The molecule has 0 amide bonds. The first-order valence-electron chi connectivity index (χ1n) is 7.12. The highest BCUT2D eigenvalue weighted by Crippen LogP contribution is 2.33. The molecule has 0 aliphatic heterocycles. The number of hydrogen-bond acceptors (Lipinski definition) is 4. The molecule has 1 saturated carbocycles. The third-order valence-electron chi connectivity index (χ3n) is 3.94. The highest BCUT2D eigenvalue weighted by atomic mass is 16.4. The summed E-state index contributed by atoms with van der Waals surface area (Å²) in [5, 5.41) is 12.3. The molecule has 110 valence electrons. The number of hydrogen-bond donors (Lipinski definition) is 2. The summed E-state index contributed by atoms with van der Waals surface area (Å²) in [6.45, 7) is 2.46. The zero-order valence-electron chi connectivity index (χ0n) is 11.8. The third kappa shape index (κ3) is 3.18. The quantitative estimate of drug-likeness (QED) is 0.859. The molecule has 0 bridgehead atoms. The fraction of sp³-hybridized carbons (Fsp3) is 0.643. The summed E-state index contributed by atoms with van der Waals surface area (Å²) >= 11 is 0. The van der Waals surface area contributed by atoms with Crippen LogP contribution in [0.3, 0.4) is 0 Å². The second-order valence-electron chi connectivity index (χ2n) is 5.40. The summed E-state index contributed by atoms with van der Waals surface area (Å²) in [4.78, 5) is 27.4. The van der Waals surface area contributed by atoms with Crippen LogP contribution < -0.4 is 10.9 Å². The minimum atomic E-state index is -0.842. The summed E-state index contributed by atoms with van der Waals surface area (Å²) in [6.07, 6.45) is 7.84. The molecule has 0 saturated heterocycles. The normalized spacial score (nSPS) is 17.6. The first-order chi connectivity index (χ1) is 9.56. The van der Waals surface area contributed by atoms with Gasteiger partial charge in [-0.3, -0.25) is 9.59 Å². The van der Waals surface area contributed by atoms with Crippen molar-refractivity contribution in [3.63, 3.8) is 0 Å². The van der Waals surface area contributed by atoms with Crippen molar-refractivity contribution in [3.05, 3.63) is 22.7 Å². The Bertz CT molecular complexity index is 533. The Balaban J connectivity index is 2.28. The number of rotatable bonds is 5. The van der Waals surface area contributed by atoms with Crippen LogP contribution in [-0.4, -0.2) is 26.2 Å². The van der Waals surface area contributed by atoms with Gasteiger partial charge in [0.15, 0.2) is 5.82 Å². The first-order valence-corrected chi connectivity index (χ1v) is 7.12. The Morgan fingerprint density at radius 1 is 1.45 bits per heavy atom. The predicted molar refractivity (Wildman–Crippen MR) is 75.9 cm³/mol. The lowest BCUT2D eigenvalue weighted by Crippen LogP contribution is -2.44. The maximum atomic E-state index is 12.2. The molecule has 1 aromatic rings. The van der Waals surface area contributed by atoms with Crippen molar-refractivity contribution < 1.29 is 9.90 Å². The van der Waals surface area contributed by atoms with Gasteiger partial charge < -0.3 is 15.0 Å². The van der Waals surface area contributed by atoms with Gasteiger partial charge in [0, 0.05) is 24.5 Å². The summed E-state index contributed by atoms with van der Waals surface area (Å²) in [6, 6.07) is 0. The van der Waals surface area contributed by atoms with Crippen molar-refractivity contribution in [2.75, 3.05) is 5.32 Å². The topological polar surface area (TPSA) is 84.2 Å². The van der Waals surface area contributed by atoms with Crippen LogP contribution in [0.1, 0.15) is 45.4 Å². The minimum Gasteiger partial charge on any atom is -0.481 e. The van der Waals surface area contributed by atoms with Crippen molar-refractivity contribution in [1.29, 1.82) is 0 Å². The van der Waals surface area contributed by atoms with Gasteiger partial charge in [-0.05, 0) is 19.8 Å². The van der Waals surface area contributed by atoms with E-state index in [1.54, 1.807) is 17.0 Å². The van der Waals surface area contributed by atoms with Crippen LogP contribution in [0.5, 0.6) is 0 Å². The van der Waals surface area contributed by atoms with Gasteiger partial charge >= 0.3 is 5.97 Å². The van der Waals surface area contributed by atoms with Crippen LogP contribution in [0.2, 0.25) is 0 Å². The SMILES string of the molecule is CCn1ccnc(NC2(CC(=O)O)CCCCC2)c1=O. The summed E-state index contributed by atoms with van der Waals surface area (Å²) in [5.41, 5.74) is -0.728. The van der Waals surface area contributed by atoms with E-state index < -0.39 is 11.5 Å². The van der Waals surface area contributed by atoms with Gasteiger partial charge in [0.25, 0.3) is 5.56 Å². The van der Waals surface area contributed by atoms with E-state index in [1.165, 1.54) is 0 Å². The summed E-state index contributed by atoms with van der Waals surface area (Å²) in [7, 11) is 0. The van der Waals surface area contributed by atoms with E-state index >= 15 is 0 Å². The van der Waals surface area contributed by atoms with Crippen LogP contribution >= 0.6 is 0 Å². The van der Waals surface area contributed by atoms with Gasteiger partial charge in [-0.15, -0.1) is 0 Å². The Hall–Kier alpha value is -1.85. The van der Waals surface area contributed by atoms with Crippen LogP contribution in [0.25, 0.3) is 0 Å². The van der Waals surface area contributed by atoms with Gasteiger partial charge in [-0.25, -0.2) is 4.98 Å². The summed E-state index contributed by atoms with van der Waals surface area (Å²) < 4.78 is 1.56. The molecule has 0 aromatic carbocycles. The van der Waals surface area contributed by atoms with Gasteiger partial charge in [-0.2, -0.15) is 0 Å². The Morgan fingerprint density at radius 2 is 2.15 bits per heavy atom.